The Labute approximate surface area is 435 Å². The third kappa shape index (κ3) is 13.5. The number of oxazole rings is 1. The van der Waals surface area contributed by atoms with Crippen molar-refractivity contribution < 1.29 is 32.3 Å². The molecule has 4 N–H and O–H groups in total. The van der Waals surface area contributed by atoms with Crippen molar-refractivity contribution in [3.8, 4) is 22.6 Å². The van der Waals surface area contributed by atoms with Crippen molar-refractivity contribution >= 4 is 40.1 Å². The maximum Gasteiger partial charge on any atom is 0.284 e. The average Bonchev–Trinajstić information content (AvgIpc) is 4.30. The van der Waals surface area contributed by atoms with E-state index >= 15 is 0 Å². The first-order valence-electron chi connectivity index (χ1n) is 26.4. The molecule has 0 spiro atoms. The van der Waals surface area contributed by atoms with Crippen LogP contribution in [0.15, 0.2) is 108 Å². The molecule has 75 heavy (non-hydrogen) atoms. The number of carbonyl (C=O) groups excluding carboxylic acids is 3. The van der Waals surface area contributed by atoms with Crippen LogP contribution in [-0.2, 0) is 29.2 Å². The Morgan fingerprint density at radius 3 is 2.31 bits per heavy atom. The molecule has 10 rings (SSSR count). The second kappa shape index (κ2) is 23.9. The lowest BCUT2D eigenvalue weighted by Gasteiger charge is -2.30. The molecule has 0 saturated heterocycles. The van der Waals surface area contributed by atoms with Crippen molar-refractivity contribution in [1.82, 2.24) is 45.1 Å². The van der Waals surface area contributed by atoms with Gasteiger partial charge in [0.2, 0.25) is 11.8 Å². The number of alkyl halides is 2. The number of ether oxygens (including phenoxy) is 1. The van der Waals surface area contributed by atoms with Gasteiger partial charge in [0.25, 0.3) is 18.2 Å². The van der Waals surface area contributed by atoms with Gasteiger partial charge in [0.15, 0.2) is 11.4 Å². The van der Waals surface area contributed by atoms with Gasteiger partial charge < -0.3 is 35.3 Å². The van der Waals surface area contributed by atoms with Gasteiger partial charge in [0.1, 0.15) is 12.1 Å². The van der Waals surface area contributed by atoms with Gasteiger partial charge in [0.05, 0.1) is 23.4 Å². The highest BCUT2D eigenvalue weighted by molar-refractivity contribution is 6.03. The molecular weight excluding hydrogens is 957 g/mol. The summed E-state index contributed by atoms with van der Waals surface area (Å²) in [7, 11) is 1.79. The average molecular weight is 1020 g/mol. The lowest BCUT2D eigenvalue weighted by Crippen LogP contribution is -2.36. The number of aromatic nitrogens is 6. The number of nitrogens with zero attached hydrogens (tertiary/aromatic N) is 7. The van der Waals surface area contributed by atoms with Crippen molar-refractivity contribution in [2.45, 2.75) is 96.3 Å². The van der Waals surface area contributed by atoms with E-state index in [0.717, 1.165) is 31.1 Å². The minimum atomic E-state index is -2.92. The molecule has 3 amide bonds. The van der Waals surface area contributed by atoms with Gasteiger partial charge in [0, 0.05) is 94.4 Å². The maximum atomic E-state index is 14.2. The van der Waals surface area contributed by atoms with Crippen LogP contribution < -0.4 is 21.3 Å². The lowest BCUT2D eigenvalue weighted by atomic mass is 9.85. The predicted octanol–water partition coefficient (Wildman–Crippen LogP) is 10.1. The molecule has 4 aromatic heterocycles. The smallest absolute Gasteiger partial charge is 0.284 e. The van der Waals surface area contributed by atoms with Gasteiger partial charge in [-0.25, -0.2) is 18.7 Å². The molecule has 3 saturated carbocycles. The normalized spacial score (nSPS) is 16.6. The van der Waals surface area contributed by atoms with E-state index in [0.29, 0.717) is 94.2 Å². The molecule has 18 heteroatoms. The van der Waals surface area contributed by atoms with E-state index in [4.69, 9.17) is 9.15 Å². The summed E-state index contributed by atoms with van der Waals surface area (Å²) in [6.45, 7) is 5.24. The molecule has 3 aliphatic carbocycles. The summed E-state index contributed by atoms with van der Waals surface area (Å²) in [4.78, 5) is 49.7. The Morgan fingerprint density at radius 1 is 0.827 bits per heavy atom. The highest BCUT2D eigenvalue weighted by Crippen LogP contribution is 2.37. The number of benzene rings is 3. The van der Waals surface area contributed by atoms with Crippen LogP contribution in [0.5, 0.6) is 0 Å². The summed E-state index contributed by atoms with van der Waals surface area (Å²) in [5, 5.41) is 22.3. The minimum absolute atomic E-state index is 0.0470. The first-order chi connectivity index (χ1) is 36.6. The van der Waals surface area contributed by atoms with Gasteiger partial charge in [-0.3, -0.25) is 23.7 Å². The highest BCUT2D eigenvalue weighted by Gasteiger charge is 2.31. The lowest BCUT2D eigenvalue weighted by molar-refractivity contribution is -0.135. The molecule has 0 aliphatic heterocycles. The molecule has 0 bridgehead atoms. The molecule has 3 aromatic carbocycles. The third-order valence-corrected chi connectivity index (χ3v) is 14.5. The summed E-state index contributed by atoms with van der Waals surface area (Å²) in [5.74, 6) is 1.36. The molecular formula is C57H65F2N11O5. The van der Waals surface area contributed by atoms with Gasteiger partial charge in [-0.15, -0.1) is 0 Å². The number of nitrogens with one attached hydrogen (secondary N) is 4. The summed E-state index contributed by atoms with van der Waals surface area (Å²) >= 11 is 0. The third-order valence-electron chi connectivity index (χ3n) is 14.5. The molecule has 0 unspecified atom stereocenters. The van der Waals surface area contributed by atoms with E-state index in [9.17, 15) is 23.2 Å². The number of anilines is 2. The minimum Gasteiger partial charge on any atom is -0.444 e. The van der Waals surface area contributed by atoms with E-state index in [1.807, 2.05) is 30.5 Å². The zero-order chi connectivity index (χ0) is 51.7. The summed E-state index contributed by atoms with van der Waals surface area (Å²) < 4.78 is 43.4. The molecule has 3 aliphatic rings. The Morgan fingerprint density at radius 2 is 1.56 bits per heavy atom. The Balaban J connectivity index is 0.579. The largest absolute Gasteiger partial charge is 0.444 e. The molecule has 4 heterocycles. The summed E-state index contributed by atoms with van der Waals surface area (Å²) in [5.41, 5.74) is 6.40. The van der Waals surface area contributed by atoms with Crippen molar-refractivity contribution in [2.24, 2.45) is 17.8 Å². The van der Waals surface area contributed by atoms with Crippen molar-refractivity contribution in [2.75, 3.05) is 50.5 Å². The standard InChI is InChI=1S/C57H65F2N11O5/c1-68(57(73)43-16-19-47(20-17-43)69-35-48(52(67-69)53(58)59)65-55(72)49-36-75-56(66-49)45-22-24-61-51(29-45)63-32-39-4-5-39)25-3-27-74-26-2-23-62-54(71)42-14-10-38(11-15-42)31-60-30-37-8-12-41(13-9-37)44-18-21-50-46(28-44)33-64-70(50)34-40-6-7-40/h8-15,18,21-22,24,28-29,33,35-36,39-40,43,47,53,60H,2-7,16-17,19-20,23,25-27,30-32,34H2,1H3,(H,61,63)(H,62,71)(H,65,72). The van der Waals surface area contributed by atoms with Crippen molar-refractivity contribution in [1.29, 1.82) is 0 Å². The fourth-order valence-corrected chi connectivity index (χ4v) is 9.67. The first kappa shape index (κ1) is 51.2. The Bertz CT molecular complexity index is 3050. The summed E-state index contributed by atoms with van der Waals surface area (Å²) in [6.07, 6.45) is 12.0. The van der Waals surface area contributed by atoms with E-state index < -0.39 is 18.0 Å². The van der Waals surface area contributed by atoms with Gasteiger partial charge >= 0.3 is 0 Å². The van der Waals surface area contributed by atoms with E-state index in [2.05, 4.69) is 88.6 Å². The zero-order valence-electron chi connectivity index (χ0n) is 42.4. The monoisotopic (exact) mass is 1020 g/mol. The SMILES string of the molecule is CN(CCCOCCCNC(=O)c1ccc(CNCc2ccc(-c3ccc4c(cnn4CC4CC4)c3)cc2)cc1)C(=O)C1CCC(n2cc(NC(=O)c3coc(-c4ccnc(NCC5CC5)c4)n3)c(C(F)F)n2)CC1. The van der Waals surface area contributed by atoms with E-state index in [1.165, 1.54) is 70.4 Å². The predicted molar refractivity (Wildman–Crippen MR) is 282 cm³/mol. The Hall–Kier alpha value is -7.31. The maximum absolute atomic E-state index is 14.2. The van der Waals surface area contributed by atoms with Gasteiger partial charge in [-0.2, -0.15) is 10.2 Å². The number of pyridine rings is 1. The zero-order valence-corrected chi connectivity index (χ0v) is 42.4. The fourth-order valence-electron chi connectivity index (χ4n) is 9.67. The number of halogens is 2. The van der Waals surface area contributed by atoms with E-state index in [-0.39, 0.29) is 41.0 Å². The van der Waals surface area contributed by atoms with Crippen LogP contribution in [0.25, 0.3) is 33.5 Å². The molecule has 7 aromatic rings. The van der Waals surface area contributed by atoms with Gasteiger partial charge in [-0.05, 0) is 135 Å². The van der Waals surface area contributed by atoms with Crippen LogP contribution in [0.1, 0.15) is 114 Å². The number of fused-ring (bicyclic) bond motifs is 1. The number of rotatable bonds is 25. The van der Waals surface area contributed by atoms with Crippen LogP contribution >= 0.6 is 0 Å². The fraction of sp³-hybridized carbons (Fsp3) is 0.421. The van der Waals surface area contributed by atoms with Gasteiger partial charge in [-0.1, -0.05) is 42.5 Å². The topological polar surface area (TPSA) is 186 Å². The molecule has 0 atom stereocenters. The first-order valence-corrected chi connectivity index (χ1v) is 26.4. The van der Waals surface area contributed by atoms with Crippen molar-refractivity contribution in [3.05, 3.63) is 132 Å². The molecule has 392 valence electrons. The van der Waals surface area contributed by atoms with Crippen molar-refractivity contribution in [3.63, 3.8) is 0 Å². The number of carbonyl (C=O) groups is 3. The van der Waals surface area contributed by atoms with Crippen LogP contribution in [0, 0.1) is 17.8 Å². The van der Waals surface area contributed by atoms with Crippen LogP contribution in [0.3, 0.4) is 0 Å². The van der Waals surface area contributed by atoms with E-state index in [1.54, 1.807) is 30.3 Å². The number of hydrogen-bond donors (Lipinski definition) is 4. The summed E-state index contributed by atoms with van der Waals surface area (Å²) in [6, 6.07) is 26.2. The van der Waals surface area contributed by atoms with Crippen LogP contribution in [0.2, 0.25) is 0 Å². The number of amides is 3. The van der Waals surface area contributed by atoms with Crippen LogP contribution in [-0.4, -0.2) is 92.0 Å². The second-order valence-corrected chi connectivity index (χ2v) is 20.3. The molecule has 3 fully saturated rings. The second-order valence-electron chi connectivity index (χ2n) is 20.3. The molecule has 16 nitrogen and oxygen atoms in total. The van der Waals surface area contributed by atoms with Crippen LogP contribution in [0.4, 0.5) is 20.3 Å². The number of hydrogen-bond acceptors (Lipinski definition) is 11. The highest BCUT2D eigenvalue weighted by atomic mass is 19.3. The molecule has 0 radical (unpaired) electrons. The Kier molecular flexibility index (Phi) is 16.3. The quantitative estimate of drug-likeness (QED) is 0.0399.